The van der Waals surface area contributed by atoms with Gasteiger partial charge in [0.25, 0.3) is 0 Å². The van der Waals surface area contributed by atoms with Crippen molar-refractivity contribution >= 4 is 22.6 Å². The van der Waals surface area contributed by atoms with Crippen LogP contribution in [0.1, 0.15) is 37.7 Å². The van der Waals surface area contributed by atoms with E-state index in [9.17, 15) is 0 Å². The Balaban J connectivity index is 1.39. The number of nitrogens with zero attached hydrogens (tertiary/aromatic N) is 3. The molecule has 6 rings (SSSR count). The van der Waals surface area contributed by atoms with E-state index >= 15 is 0 Å². The van der Waals surface area contributed by atoms with Crippen LogP contribution in [0, 0.1) is 0 Å². The molecule has 2 heterocycles. The van der Waals surface area contributed by atoms with Crippen LogP contribution in [-0.2, 0) is 16.9 Å². The van der Waals surface area contributed by atoms with Crippen molar-refractivity contribution in [3.05, 3.63) is 59.4 Å². The fourth-order valence-electron chi connectivity index (χ4n) is 4.81. The molecule has 128 valence electrons. The molecule has 0 saturated heterocycles. The van der Waals surface area contributed by atoms with Crippen LogP contribution in [0.25, 0.3) is 11.0 Å². The highest BCUT2D eigenvalue weighted by atomic mass is 35.5. The van der Waals surface area contributed by atoms with Crippen LogP contribution >= 0.6 is 11.6 Å². The molecule has 3 aromatic rings. The van der Waals surface area contributed by atoms with Gasteiger partial charge in [0.1, 0.15) is 0 Å². The van der Waals surface area contributed by atoms with Crippen molar-refractivity contribution in [3.8, 4) is 0 Å². The zero-order valence-corrected chi connectivity index (χ0v) is 14.7. The first-order valence-electron chi connectivity index (χ1n) is 8.87. The SMILES string of the molecule is Clc1cc2ccn(C34CCCC(OCc5ccccc5)(C3)C4)c2nn1. The third-order valence-electron chi connectivity index (χ3n) is 5.88. The minimum atomic E-state index is 0.0184. The van der Waals surface area contributed by atoms with E-state index in [2.05, 4.69) is 51.3 Å². The Labute approximate surface area is 151 Å². The standard InChI is InChI=1S/C20H20ClN3O/c21-17-11-16-7-10-24(18(16)23-22-17)19-8-4-9-20(13-19,14-19)25-12-15-5-2-1-3-6-15/h1-3,5-7,10-11H,4,8-9,12-14H2. The van der Waals surface area contributed by atoms with E-state index in [0.29, 0.717) is 11.8 Å². The summed E-state index contributed by atoms with van der Waals surface area (Å²) in [5.41, 5.74) is 2.32. The van der Waals surface area contributed by atoms with E-state index in [4.69, 9.17) is 16.3 Å². The molecule has 4 nitrogen and oxygen atoms in total. The van der Waals surface area contributed by atoms with Crippen LogP contribution in [0.15, 0.2) is 48.7 Å². The molecular weight excluding hydrogens is 334 g/mol. The molecular formula is C20H20ClN3O. The summed E-state index contributed by atoms with van der Waals surface area (Å²) in [5, 5.41) is 9.89. The van der Waals surface area contributed by atoms with E-state index in [1.807, 2.05) is 12.1 Å². The molecule has 0 spiro atoms. The van der Waals surface area contributed by atoms with Gasteiger partial charge in [-0.2, -0.15) is 0 Å². The van der Waals surface area contributed by atoms with Gasteiger partial charge >= 0.3 is 0 Å². The van der Waals surface area contributed by atoms with Crippen molar-refractivity contribution in [3.63, 3.8) is 0 Å². The van der Waals surface area contributed by atoms with Crippen LogP contribution < -0.4 is 0 Å². The van der Waals surface area contributed by atoms with Gasteiger partial charge in [-0.15, -0.1) is 10.2 Å². The summed E-state index contributed by atoms with van der Waals surface area (Å²) in [7, 11) is 0. The number of rotatable bonds is 4. The van der Waals surface area contributed by atoms with Gasteiger partial charge < -0.3 is 9.30 Å². The summed E-state index contributed by atoms with van der Waals surface area (Å²) in [6, 6.07) is 14.4. The lowest BCUT2D eigenvalue weighted by molar-refractivity contribution is -0.197. The number of fused-ring (bicyclic) bond motifs is 3. The molecule has 2 bridgehead atoms. The molecule has 3 fully saturated rings. The molecule has 0 amide bonds. The molecule has 0 atom stereocenters. The van der Waals surface area contributed by atoms with Gasteiger partial charge in [-0.25, -0.2) is 0 Å². The molecule has 0 unspecified atom stereocenters. The lowest BCUT2D eigenvalue weighted by Crippen LogP contribution is -2.62. The Morgan fingerprint density at radius 1 is 1.08 bits per heavy atom. The molecule has 0 N–H and O–H groups in total. The van der Waals surface area contributed by atoms with Crippen molar-refractivity contribution < 1.29 is 4.74 Å². The number of benzene rings is 1. The zero-order valence-electron chi connectivity index (χ0n) is 14.0. The first kappa shape index (κ1) is 15.4. The van der Waals surface area contributed by atoms with Gasteiger partial charge in [-0.3, -0.25) is 0 Å². The van der Waals surface area contributed by atoms with Gasteiger partial charge in [-0.1, -0.05) is 41.9 Å². The van der Waals surface area contributed by atoms with Crippen molar-refractivity contribution in [2.24, 2.45) is 0 Å². The van der Waals surface area contributed by atoms with Crippen molar-refractivity contribution in [2.45, 2.75) is 49.9 Å². The molecule has 0 radical (unpaired) electrons. The summed E-state index contributed by atoms with van der Waals surface area (Å²) < 4.78 is 8.72. The second-order valence-electron chi connectivity index (χ2n) is 7.52. The minimum Gasteiger partial charge on any atom is -0.370 e. The van der Waals surface area contributed by atoms with Gasteiger partial charge in [0.15, 0.2) is 10.8 Å². The highest BCUT2D eigenvalue weighted by molar-refractivity contribution is 6.29. The number of ether oxygens (including phenoxy) is 1. The van der Waals surface area contributed by atoms with Crippen molar-refractivity contribution in [1.82, 2.24) is 14.8 Å². The summed E-state index contributed by atoms with van der Waals surface area (Å²) in [6.07, 6.45) is 7.77. The Bertz CT molecular complexity index is 915. The van der Waals surface area contributed by atoms with E-state index in [-0.39, 0.29) is 11.1 Å². The number of aromatic nitrogens is 3. The van der Waals surface area contributed by atoms with Crippen LogP contribution in [-0.4, -0.2) is 20.4 Å². The summed E-state index contributed by atoms with van der Waals surface area (Å²) >= 11 is 5.98. The molecule has 2 aromatic heterocycles. The van der Waals surface area contributed by atoms with Crippen molar-refractivity contribution in [2.75, 3.05) is 0 Å². The fourth-order valence-corrected chi connectivity index (χ4v) is 4.96. The maximum absolute atomic E-state index is 6.41. The highest BCUT2D eigenvalue weighted by Gasteiger charge is 2.59. The Kier molecular flexibility index (Phi) is 3.41. The average molecular weight is 354 g/mol. The first-order chi connectivity index (χ1) is 12.2. The second-order valence-corrected chi connectivity index (χ2v) is 7.91. The minimum absolute atomic E-state index is 0.0184. The molecule has 5 heteroatoms. The summed E-state index contributed by atoms with van der Waals surface area (Å²) in [6.45, 7) is 0.693. The molecule has 0 aliphatic heterocycles. The van der Waals surface area contributed by atoms with Crippen LogP contribution in [0.3, 0.4) is 0 Å². The lowest BCUT2D eigenvalue weighted by Gasteiger charge is -2.60. The Morgan fingerprint density at radius 3 is 2.76 bits per heavy atom. The molecule has 25 heavy (non-hydrogen) atoms. The molecule has 1 aromatic carbocycles. The summed E-state index contributed by atoms with van der Waals surface area (Å²) in [5.74, 6) is 0. The van der Waals surface area contributed by atoms with Gasteiger partial charge in [0.2, 0.25) is 0 Å². The van der Waals surface area contributed by atoms with E-state index in [1.54, 1.807) is 0 Å². The molecule has 3 aliphatic rings. The predicted octanol–water partition coefficient (Wildman–Crippen LogP) is 4.71. The lowest BCUT2D eigenvalue weighted by atomic mass is 9.56. The number of halogens is 1. The largest absolute Gasteiger partial charge is 0.370 e. The summed E-state index contributed by atoms with van der Waals surface area (Å²) in [4.78, 5) is 0. The van der Waals surface area contributed by atoms with E-state index in [1.165, 1.54) is 18.4 Å². The zero-order chi connectivity index (χ0) is 16.9. The Morgan fingerprint density at radius 2 is 1.92 bits per heavy atom. The Hall–Kier alpha value is -1.91. The fraction of sp³-hybridized carbons (Fsp3) is 0.400. The number of hydrogen-bond acceptors (Lipinski definition) is 3. The topological polar surface area (TPSA) is 39.9 Å². The molecule has 3 aliphatic carbocycles. The third-order valence-corrected chi connectivity index (χ3v) is 6.06. The quantitative estimate of drug-likeness (QED) is 0.681. The first-order valence-corrected chi connectivity index (χ1v) is 9.25. The normalized spacial score (nSPS) is 28.0. The number of hydrogen-bond donors (Lipinski definition) is 0. The van der Waals surface area contributed by atoms with Crippen LogP contribution in [0.2, 0.25) is 5.15 Å². The van der Waals surface area contributed by atoms with Crippen LogP contribution in [0.5, 0.6) is 0 Å². The monoisotopic (exact) mass is 353 g/mol. The average Bonchev–Trinajstić information content (AvgIpc) is 3.04. The van der Waals surface area contributed by atoms with Gasteiger partial charge in [0, 0.05) is 24.4 Å². The third kappa shape index (κ3) is 2.47. The second kappa shape index (κ2) is 5.55. The van der Waals surface area contributed by atoms with E-state index in [0.717, 1.165) is 30.3 Å². The van der Waals surface area contributed by atoms with Crippen LogP contribution in [0.4, 0.5) is 0 Å². The maximum Gasteiger partial charge on any atom is 0.163 e. The predicted molar refractivity (Wildman–Crippen MR) is 97.6 cm³/mol. The molecule has 3 saturated carbocycles. The van der Waals surface area contributed by atoms with E-state index < -0.39 is 0 Å². The van der Waals surface area contributed by atoms with Gasteiger partial charge in [-0.05, 0) is 37.0 Å². The maximum atomic E-state index is 6.41. The van der Waals surface area contributed by atoms with Crippen molar-refractivity contribution in [1.29, 1.82) is 0 Å². The highest BCUT2D eigenvalue weighted by Crippen LogP contribution is 2.59. The van der Waals surface area contributed by atoms with Gasteiger partial charge in [0.05, 0.1) is 17.7 Å². The smallest absolute Gasteiger partial charge is 0.163 e.